The smallest absolute Gasteiger partial charge is 0.128 e. The number of allylic oxidation sites excluding steroid dienone is 8. The molecular weight excluding hydrogens is 318 g/mol. The van der Waals surface area contributed by atoms with Gasteiger partial charge in [0.1, 0.15) is 5.75 Å². The van der Waals surface area contributed by atoms with Crippen LogP contribution in [0.5, 0.6) is 5.75 Å². The lowest BCUT2D eigenvalue weighted by molar-refractivity contribution is 0.414. The lowest BCUT2D eigenvalue weighted by Crippen LogP contribution is -2.21. The fourth-order valence-corrected chi connectivity index (χ4v) is 2.28. The van der Waals surface area contributed by atoms with Crippen LogP contribution >= 0.6 is 0 Å². The number of anilines is 1. The number of nitrogens with zero attached hydrogens (tertiary/aromatic N) is 1. The average Bonchev–Trinajstić information content (AvgIpc) is 2.66. The number of rotatable bonds is 9. The Bertz CT molecular complexity index is 646. The van der Waals surface area contributed by atoms with Gasteiger partial charge in [0.05, 0.1) is 7.11 Å². The van der Waals surface area contributed by atoms with Crippen LogP contribution in [0, 0.1) is 0 Å². The number of methoxy groups -OCH3 is 1. The molecule has 2 nitrogen and oxygen atoms in total. The van der Waals surface area contributed by atoms with Gasteiger partial charge in [0.2, 0.25) is 0 Å². The molecule has 0 unspecified atom stereocenters. The zero-order chi connectivity index (χ0) is 19.8. The van der Waals surface area contributed by atoms with E-state index < -0.39 is 0 Å². The molecule has 0 radical (unpaired) electrons. The Morgan fingerprint density at radius 3 is 2.27 bits per heavy atom. The van der Waals surface area contributed by atoms with Gasteiger partial charge in [-0.1, -0.05) is 61.8 Å². The second-order valence-corrected chi connectivity index (χ2v) is 5.33. The van der Waals surface area contributed by atoms with Gasteiger partial charge >= 0.3 is 0 Å². The van der Waals surface area contributed by atoms with E-state index in [2.05, 4.69) is 56.7 Å². The molecule has 0 aliphatic carbocycles. The molecule has 0 N–H and O–H groups in total. The van der Waals surface area contributed by atoms with Crippen molar-refractivity contribution in [2.75, 3.05) is 25.1 Å². The summed E-state index contributed by atoms with van der Waals surface area (Å²) in [6.07, 6.45) is 15.2. The average molecular weight is 352 g/mol. The second-order valence-electron chi connectivity index (χ2n) is 5.33. The minimum atomic E-state index is 0.879. The molecule has 1 aromatic rings. The summed E-state index contributed by atoms with van der Waals surface area (Å²) in [6, 6.07) is 6.31. The summed E-state index contributed by atoms with van der Waals surface area (Å²) in [6.45, 7) is 19.0. The van der Waals surface area contributed by atoms with Gasteiger partial charge in [0, 0.05) is 30.4 Å². The van der Waals surface area contributed by atoms with E-state index in [9.17, 15) is 0 Å². The predicted molar refractivity (Wildman–Crippen MR) is 119 cm³/mol. The zero-order valence-electron chi connectivity index (χ0n) is 16.7. The fourth-order valence-electron chi connectivity index (χ4n) is 2.28. The Kier molecular flexibility index (Phi) is 13.1. The van der Waals surface area contributed by atoms with Crippen molar-refractivity contribution in [1.29, 1.82) is 0 Å². The zero-order valence-corrected chi connectivity index (χ0v) is 16.7. The highest BCUT2D eigenvalue weighted by molar-refractivity contribution is 5.64. The van der Waals surface area contributed by atoms with Crippen LogP contribution in [0.15, 0.2) is 86.0 Å². The molecule has 0 aliphatic heterocycles. The van der Waals surface area contributed by atoms with Crippen molar-refractivity contribution < 1.29 is 4.74 Å². The van der Waals surface area contributed by atoms with Crippen LogP contribution < -0.4 is 9.64 Å². The minimum absolute atomic E-state index is 0.879. The van der Waals surface area contributed by atoms with E-state index in [1.165, 1.54) is 5.69 Å². The van der Waals surface area contributed by atoms with Crippen LogP contribution in [0.3, 0.4) is 0 Å². The summed E-state index contributed by atoms with van der Waals surface area (Å²) in [7, 11) is 1.71. The molecule has 0 fully saturated rings. The van der Waals surface area contributed by atoms with Gasteiger partial charge in [-0.15, -0.1) is 6.58 Å². The first-order valence-electron chi connectivity index (χ1n) is 8.91. The molecule has 1 aromatic carbocycles. The first-order chi connectivity index (χ1) is 12.6. The highest BCUT2D eigenvalue weighted by Gasteiger charge is 2.06. The molecule has 0 saturated heterocycles. The van der Waals surface area contributed by atoms with Crippen molar-refractivity contribution in [2.45, 2.75) is 20.8 Å². The Morgan fingerprint density at radius 2 is 1.77 bits per heavy atom. The van der Waals surface area contributed by atoms with E-state index in [4.69, 9.17) is 4.74 Å². The summed E-state index contributed by atoms with van der Waals surface area (Å²) >= 11 is 0. The monoisotopic (exact) mass is 351 g/mol. The third-order valence-corrected chi connectivity index (χ3v) is 3.57. The van der Waals surface area contributed by atoms with E-state index in [-0.39, 0.29) is 0 Å². The standard InChI is InChI=1S/C21H27NO.C3H6/c1-6-12-18(7-2)13-10-11-14-19-15-16-20(17-21(19)23-5)22(8-3)9-4;1-3-2/h6-7,10-17H,1-2,8-9H2,3-5H3;3H,1H2,2H3/b13-10+,14-11+,18-12+;. The van der Waals surface area contributed by atoms with Gasteiger partial charge in [-0.05, 0) is 38.5 Å². The molecule has 0 spiro atoms. The van der Waals surface area contributed by atoms with Crippen molar-refractivity contribution in [3.05, 3.63) is 91.6 Å². The van der Waals surface area contributed by atoms with Crippen molar-refractivity contribution in [2.24, 2.45) is 0 Å². The fraction of sp³-hybridized carbons (Fsp3) is 0.250. The highest BCUT2D eigenvalue weighted by atomic mass is 16.5. The number of hydrogen-bond acceptors (Lipinski definition) is 2. The third-order valence-electron chi connectivity index (χ3n) is 3.57. The van der Waals surface area contributed by atoms with Crippen molar-refractivity contribution in [1.82, 2.24) is 0 Å². The van der Waals surface area contributed by atoms with Crippen LogP contribution in [-0.4, -0.2) is 20.2 Å². The first-order valence-corrected chi connectivity index (χ1v) is 8.91. The van der Waals surface area contributed by atoms with Crippen molar-refractivity contribution in [3.63, 3.8) is 0 Å². The molecule has 140 valence electrons. The molecule has 2 heteroatoms. The Labute approximate surface area is 160 Å². The number of benzene rings is 1. The second kappa shape index (κ2) is 14.6. The maximum absolute atomic E-state index is 5.52. The molecule has 0 saturated carbocycles. The Morgan fingerprint density at radius 1 is 1.12 bits per heavy atom. The topological polar surface area (TPSA) is 12.5 Å². The van der Waals surface area contributed by atoms with Gasteiger partial charge in [0.25, 0.3) is 0 Å². The van der Waals surface area contributed by atoms with E-state index >= 15 is 0 Å². The minimum Gasteiger partial charge on any atom is -0.496 e. The molecule has 0 atom stereocenters. The first kappa shape index (κ1) is 23.3. The maximum Gasteiger partial charge on any atom is 0.128 e. The molecule has 0 bridgehead atoms. The quantitative estimate of drug-likeness (QED) is 0.367. The molecular formula is C24H33NO. The van der Waals surface area contributed by atoms with Gasteiger partial charge in [-0.25, -0.2) is 0 Å². The summed E-state index contributed by atoms with van der Waals surface area (Å²) in [5, 5.41) is 0. The highest BCUT2D eigenvalue weighted by Crippen LogP contribution is 2.26. The van der Waals surface area contributed by atoms with Crippen LogP contribution in [-0.2, 0) is 0 Å². The lowest BCUT2D eigenvalue weighted by atomic mass is 10.1. The SMILES string of the molecule is C=C/C=C(C=C)/C=C/C=C/c1ccc(N(CC)CC)cc1OC.C=CC. The largest absolute Gasteiger partial charge is 0.496 e. The van der Waals surface area contributed by atoms with Gasteiger partial charge < -0.3 is 9.64 Å². The maximum atomic E-state index is 5.52. The van der Waals surface area contributed by atoms with Crippen molar-refractivity contribution >= 4 is 11.8 Å². The van der Waals surface area contributed by atoms with E-state index in [1.807, 2.05) is 37.3 Å². The number of hydrogen-bond donors (Lipinski definition) is 0. The summed E-state index contributed by atoms with van der Waals surface area (Å²) in [5.74, 6) is 0.879. The predicted octanol–water partition coefficient (Wildman–Crippen LogP) is 6.60. The molecule has 26 heavy (non-hydrogen) atoms. The summed E-state index contributed by atoms with van der Waals surface area (Å²) < 4.78 is 5.52. The third kappa shape index (κ3) is 8.39. The molecule has 1 rings (SSSR count). The van der Waals surface area contributed by atoms with E-state index in [0.717, 1.165) is 30.0 Å². The summed E-state index contributed by atoms with van der Waals surface area (Å²) in [4.78, 5) is 2.30. The Hall–Kier alpha value is -2.74. The number of ether oxygens (including phenoxy) is 1. The van der Waals surface area contributed by atoms with Crippen molar-refractivity contribution in [3.8, 4) is 5.75 Å². The van der Waals surface area contributed by atoms with Crippen LogP contribution in [0.4, 0.5) is 5.69 Å². The Balaban J connectivity index is 0.00000194. The van der Waals surface area contributed by atoms with E-state index in [0.29, 0.717) is 0 Å². The van der Waals surface area contributed by atoms with Gasteiger partial charge in [-0.2, -0.15) is 0 Å². The molecule has 0 heterocycles. The molecule has 0 aliphatic rings. The normalized spacial score (nSPS) is 11.0. The van der Waals surface area contributed by atoms with Crippen LogP contribution in [0.1, 0.15) is 26.3 Å². The lowest BCUT2D eigenvalue weighted by Gasteiger charge is -2.22. The van der Waals surface area contributed by atoms with Gasteiger partial charge in [-0.3, -0.25) is 0 Å². The summed E-state index contributed by atoms with van der Waals surface area (Å²) in [5.41, 5.74) is 3.26. The molecule has 0 aromatic heterocycles. The van der Waals surface area contributed by atoms with Gasteiger partial charge in [0.15, 0.2) is 0 Å². The van der Waals surface area contributed by atoms with Crippen LogP contribution in [0.2, 0.25) is 0 Å². The van der Waals surface area contributed by atoms with Crippen LogP contribution in [0.25, 0.3) is 6.08 Å². The molecule has 0 amide bonds. The van der Waals surface area contributed by atoms with E-state index in [1.54, 1.807) is 25.3 Å².